The second kappa shape index (κ2) is 5.34. The van der Waals surface area contributed by atoms with Crippen molar-refractivity contribution < 1.29 is 18.4 Å². The molecule has 2 atom stereocenters. The third-order valence-corrected chi connectivity index (χ3v) is 3.15. The quantitative estimate of drug-likeness (QED) is 0.867. The van der Waals surface area contributed by atoms with Gasteiger partial charge in [0.05, 0.1) is 12.0 Å². The van der Waals surface area contributed by atoms with E-state index in [2.05, 4.69) is 10.6 Å². The van der Waals surface area contributed by atoms with E-state index in [0.717, 1.165) is 12.1 Å². The molecule has 102 valence electrons. The first-order valence-corrected chi connectivity index (χ1v) is 5.99. The predicted molar refractivity (Wildman–Crippen MR) is 64.0 cm³/mol. The molecule has 2 amide bonds. The number of hydrogen-bond acceptors (Lipinski definition) is 2. The zero-order valence-electron chi connectivity index (χ0n) is 10.4. The molecule has 1 aliphatic heterocycles. The zero-order valence-corrected chi connectivity index (χ0v) is 10.4. The van der Waals surface area contributed by atoms with Crippen molar-refractivity contribution in [3.63, 3.8) is 0 Å². The molecule has 4 nitrogen and oxygen atoms in total. The largest absolute Gasteiger partial charge is 0.355 e. The van der Waals surface area contributed by atoms with E-state index in [1.54, 1.807) is 6.92 Å². The van der Waals surface area contributed by atoms with Gasteiger partial charge in [-0.3, -0.25) is 9.59 Å². The van der Waals surface area contributed by atoms with Crippen LogP contribution in [0.1, 0.15) is 24.9 Å². The lowest BCUT2D eigenvalue weighted by molar-refractivity contribution is -0.127. The average Bonchev–Trinajstić information content (AvgIpc) is 2.79. The van der Waals surface area contributed by atoms with Crippen molar-refractivity contribution in [3.8, 4) is 0 Å². The van der Waals surface area contributed by atoms with Crippen LogP contribution in [0.25, 0.3) is 0 Å². The molecule has 19 heavy (non-hydrogen) atoms. The van der Waals surface area contributed by atoms with Gasteiger partial charge in [0.1, 0.15) is 0 Å². The SMILES string of the molecule is CC(NC(=O)C1CNC(=O)C1)c1ccc(F)c(F)c1. The van der Waals surface area contributed by atoms with Gasteiger partial charge >= 0.3 is 0 Å². The Labute approximate surface area is 109 Å². The van der Waals surface area contributed by atoms with Crippen molar-refractivity contribution in [1.82, 2.24) is 10.6 Å². The number of nitrogens with one attached hydrogen (secondary N) is 2. The first kappa shape index (κ1) is 13.5. The van der Waals surface area contributed by atoms with Gasteiger partial charge in [-0.05, 0) is 24.6 Å². The van der Waals surface area contributed by atoms with E-state index >= 15 is 0 Å². The Balaban J connectivity index is 2.00. The molecule has 2 N–H and O–H groups in total. The Morgan fingerprint density at radius 3 is 2.74 bits per heavy atom. The lowest BCUT2D eigenvalue weighted by atomic mass is 10.0. The van der Waals surface area contributed by atoms with Crippen LogP contribution in [0, 0.1) is 17.6 Å². The predicted octanol–water partition coefficient (Wildman–Crippen LogP) is 1.28. The molecular weight excluding hydrogens is 254 g/mol. The van der Waals surface area contributed by atoms with Gasteiger partial charge in [0, 0.05) is 13.0 Å². The Morgan fingerprint density at radius 2 is 2.16 bits per heavy atom. The monoisotopic (exact) mass is 268 g/mol. The maximum absolute atomic E-state index is 13.1. The van der Waals surface area contributed by atoms with Crippen LogP contribution in [0.3, 0.4) is 0 Å². The fourth-order valence-electron chi connectivity index (χ4n) is 1.99. The van der Waals surface area contributed by atoms with Gasteiger partial charge in [0.2, 0.25) is 11.8 Å². The molecule has 0 spiro atoms. The van der Waals surface area contributed by atoms with Crippen molar-refractivity contribution in [2.75, 3.05) is 6.54 Å². The lowest BCUT2D eigenvalue weighted by Crippen LogP contribution is -2.33. The minimum absolute atomic E-state index is 0.152. The summed E-state index contributed by atoms with van der Waals surface area (Å²) in [5.41, 5.74) is 0.476. The fraction of sp³-hybridized carbons (Fsp3) is 0.385. The number of benzene rings is 1. The molecule has 0 bridgehead atoms. The Bertz CT molecular complexity index is 519. The smallest absolute Gasteiger partial charge is 0.225 e. The molecule has 1 heterocycles. The normalized spacial score (nSPS) is 19.9. The third kappa shape index (κ3) is 3.07. The highest BCUT2D eigenvalue weighted by Gasteiger charge is 2.28. The van der Waals surface area contributed by atoms with Gasteiger partial charge < -0.3 is 10.6 Å². The van der Waals surface area contributed by atoms with E-state index in [9.17, 15) is 18.4 Å². The lowest BCUT2D eigenvalue weighted by Gasteiger charge is -2.16. The summed E-state index contributed by atoms with van der Waals surface area (Å²) in [4.78, 5) is 22.9. The molecular formula is C13H14F2N2O2. The summed E-state index contributed by atoms with van der Waals surface area (Å²) in [6, 6.07) is 3.05. The highest BCUT2D eigenvalue weighted by atomic mass is 19.2. The summed E-state index contributed by atoms with van der Waals surface area (Å²) >= 11 is 0. The molecule has 0 aromatic heterocycles. The van der Waals surface area contributed by atoms with E-state index in [1.807, 2.05) is 0 Å². The topological polar surface area (TPSA) is 58.2 Å². The summed E-state index contributed by atoms with van der Waals surface area (Å²) in [6.07, 6.45) is 0.163. The van der Waals surface area contributed by atoms with Crippen LogP contribution in [0.2, 0.25) is 0 Å². The Kier molecular flexibility index (Phi) is 3.78. The number of halogens is 2. The first-order valence-electron chi connectivity index (χ1n) is 5.99. The van der Waals surface area contributed by atoms with E-state index in [4.69, 9.17) is 0 Å². The van der Waals surface area contributed by atoms with E-state index in [1.165, 1.54) is 6.07 Å². The summed E-state index contributed by atoms with van der Waals surface area (Å²) in [7, 11) is 0. The van der Waals surface area contributed by atoms with Crippen LogP contribution in [0.5, 0.6) is 0 Å². The molecule has 1 saturated heterocycles. The van der Waals surface area contributed by atoms with Gasteiger partial charge in [-0.2, -0.15) is 0 Å². The molecule has 1 aromatic carbocycles. The average molecular weight is 268 g/mol. The minimum Gasteiger partial charge on any atom is -0.355 e. The van der Waals surface area contributed by atoms with Crippen molar-refractivity contribution in [2.24, 2.45) is 5.92 Å². The first-order chi connectivity index (χ1) is 8.97. The van der Waals surface area contributed by atoms with Crippen molar-refractivity contribution in [3.05, 3.63) is 35.4 Å². The second-order valence-electron chi connectivity index (χ2n) is 4.61. The standard InChI is InChI=1S/C13H14F2N2O2/c1-7(8-2-3-10(14)11(15)4-8)17-13(19)9-5-12(18)16-6-9/h2-4,7,9H,5-6H2,1H3,(H,16,18)(H,17,19). The van der Waals surface area contributed by atoms with E-state index in [-0.39, 0.29) is 18.2 Å². The third-order valence-electron chi connectivity index (χ3n) is 3.15. The number of carbonyl (C=O) groups excluding carboxylic acids is 2. The molecule has 1 aliphatic rings. The van der Waals surface area contributed by atoms with Crippen LogP contribution >= 0.6 is 0 Å². The molecule has 0 saturated carbocycles. The molecule has 2 unspecified atom stereocenters. The number of carbonyl (C=O) groups is 2. The summed E-state index contributed by atoms with van der Waals surface area (Å²) in [6.45, 7) is 1.99. The summed E-state index contributed by atoms with van der Waals surface area (Å²) in [5, 5.41) is 5.26. The van der Waals surface area contributed by atoms with Crippen molar-refractivity contribution >= 4 is 11.8 Å². The number of hydrogen-bond donors (Lipinski definition) is 2. The maximum Gasteiger partial charge on any atom is 0.225 e. The fourth-order valence-corrected chi connectivity index (χ4v) is 1.99. The highest BCUT2D eigenvalue weighted by Crippen LogP contribution is 2.17. The maximum atomic E-state index is 13.1. The molecule has 1 fully saturated rings. The Morgan fingerprint density at radius 1 is 1.42 bits per heavy atom. The van der Waals surface area contributed by atoms with Crippen LogP contribution in [0.15, 0.2) is 18.2 Å². The van der Waals surface area contributed by atoms with Gasteiger partial charge in [-0.15, -0.1) is 0 Å². The molecule has 6 heteroatoms. The zero-order chi connectivity index (χ0) is 14.0. The minimum atomic E-state index is -0.948. The summed E-state index contributed by atoms with van der Waals surface area (Å²) in [5.74, 6) is -2.69. The number of rotatable bonds is 3. The van der Waals surface area contributed by atoms with Crippen LogP contribution in [-0.2, 0) is 9.59 Å². The molecule has 0 aliphatic carbocycles. The van der Waals surface area contributed by atoms with Gasteiger partial charge in [0.25, 0.3) is 0 Å². The van der Waals surface area contributed by atoms with E-state index < -0.39 is 23.6 Å². The van der Waals surface area contributed by atoms with Crippen LogP contribution in [-0.4, -0.2) is 18.4 Å². The van der Waals surface area contributed by atoms with Crippen LogP contribution in [0.4, 0.5) is 8.78 Å². The molecule has 2 rings (SSSR count). The Hall–Kier alpha value is -1.98. The highest BCUT2D eigenvalue weighted by molar-refractivity contribution is 5.89. The van der Waals surface area contributed by atoms with Crippen molar-refractivity contribution in [2.45, 2.75) is 19.4 Å². The van der Waals surface area contributed by atoms with Gasteiger partial charge in [0.15, 0.2) is 11.6 Å². The second-order valence-corrected chi connectivity index (χ2v) is 4.61. The number of amides is 2. The molecule has 0 radical (unpaired) electrons. The molecule has 1 aromatic rings. The summed E-state index contributed by atoms with van der Waals surface area (Å²) < 4.78 is 25.9. The van der Waals surface area contributed by atoms with Crippen LogP contribution < -0.4 is 10.6 Å². The van der Waals surface area contributed by atoms with Crippen molar-refractivity contribution in [1.29, 1.82) is 0 Å². The van der Waals surface area contributed by atoms with E-state index in [0.29, 0.717) is 12.1 Å². The van der Waals surface area contributed by atoms with Gasteiger partial charge in [-0.25, -0.2) is 8.78 Å². The van der Waals surface area contributed by atoms with Gasteiger partial charge in [-0.1, -0.05) is 6.07 Å².